The molecular formula is C26H26ClNO4. The van der Waals surface area contributed by atoms with E-state index in [4.69, 9.17) is 16.3 Å². The Hall–Kier alpha value is -2.66. The Morgan fingerprint density at radius 2 is 1.75 bits per heavy atom. The number of fused-ring (bicyclic) bond motifs is 3. The van der Waals surface area contributed by atoms with Crippen LogP contribution in [-0.4, -0.2) is 23.7 Å². The van der Waals surface area contributed by atoms with E-state index in [0.29, 0.717) is 22.8 Å². The Bertz CT molecular complexity index is 1090. The minimum absolute atomic E-state index is 0.0250. The van der Waals surface area contributed by atoms with Crippen molar-refractivity contribution in [1.29, 1.82) is 0 Å². The Morgan fingerprint density at radius 3 is 2.44 bits per heavy atom. The van der Waals surface area contributed by atoms with Gasteiger partial charge in [-0.15, -0.1) is 0 Å². The standard InChI is InChI=1S/C26H26ClNO4/c1-2-25(22(29)16-12-14-17(27)15-13-16)21-19-10-6-7-11-20(19)32-24(31)26(21,25)23(30)28-18-8-4-3-5-9-18/h6-7,10-15,18,21H,2-5,8-9H2,1H3,(H,28,30)/t21-,25+,26+/m1/s1. The Kier molecular flexibility index (Phi) is 5.12. The average molecular weight is 452 g/mol. The topological polar surface area (TPSA) is 72.5 Å². The summed E-state index contributed by atoms with van der Waals surface area (Å²) in [6.07, 6.45) is 5.39. The van der Waals surface area contributed by atoms with Gasteiger partial charge in [-0.25, -0.2) is 0 Å². The molecule has 2 saturated carbocycles. The highest BCUT2D eigenvalue weighted by Gasteiger charge is 2.89. The second kappa shape index (κ2) is 7.73. The van der Waals surface area contributed by atoms with Crippen LogP contribution in [0.5, 0.6) is 5.75 Å². The summed E-state index contributed by atoms with van der Waals surface area (Å²) in [5, 5.41) is 3.65. The van der Waals surface area contributed by atoms with E-state index in [0.717, 1.165) is 37.7 Å². The third kappa shape index (κ3) is 2.80. The SMILES string of the molecule is CC[C@@]1(C(=O)c2ccc(Cl)cc2)[C@H]2c3ccccc3OC(=O)[C@@]21C(=O)NC1CCCCC1. The molecule has 1 N–H and O–H groups in total. The normalized spacial score (nSPS) is 28.8. The molecular weight excluding hydrogens is 426 g/mol. The van der Waals surface area contributed by atoms with E-state index < -0.39 is 22.7 Å². The second-order valence-electron chi connectivity index (χ2n) is 9.14. The van der Waals surface area contributed by atoms with Gasteiger partial charge in [-0.2, -0.15) is 0 Å². The number of ketones is 1. The van der Waals surface area contributed by atoms with E-state index in [1.165, 1.54) is 0 Å². The maximum absolute atomic E-state index is 14.0. The van der Waals surface area contributed by atoms with Gasteiger partial charge >= 0.3 is 5.97 Å². The number of ether oxygens (including phenoxy) is 1. The molecule has 2 aromatic rings. The summed E-state index contributed by atoms with van der Waals surface area (Å²) >= 11 is 6.03. The molecule has 6 heteroatoms. The highest BCUT2D eigenvalue weighted by Crippen LogP contribution is 2.79. The molecule has 0 spiro atoms. The van der Waals surface area contributed by atoms with Crippen molar-refractivity contribution >= 4 is 29.3 Å². The first-order chi connectivity index (χ1) is 15.5. The van der Waals surface area contributed by atoms with Crippen molar-refractivity contribution in [2.75, 3.05) is 0 Å². The first-order valence-electron chi connectivity index (χ1n) is 11.4. The maximum atomic E-state index is 14.0. The van der Waals surface area contributed by atoms with Crippen molar-refractivity contribution in [3.05, 3.63) is 64.7 Å². The number of esters is 1. The fraction of sp³-hybridized carbons (Fsp3) is 0.423. The van der Waals surface area contributed by atoms with Crippen molar-refractivity contribution in [1.82, 2.24) is 5.32 Å². The van der Waals surface area contributed by atoms with Gasteiger partial charge in [0.25, 0.3) is 0 Å². The summed E-state index contributed by atoms with van der Waals surface area (Å²) in [6, 6.07) is 13.9. The molecule has 3 aliphatic rings. The molecule has 3 atom stereocenters. The molecule has 2 aliphatic carbocycles. The monoisotopic (exact) mass is 451 g/mol. The number of carbonyl (C=O) groups excluding carboxylic acids is 3. The van der Waals surface area contributed by atoms with Crippen LogP contribution in [0.1, 0.15) is 67.3 Å². The van der Waals surface area contributed by atoms with E-state index in [1.807, 2.05) is 19.1 Å². The Balaban J connectivity index is 1.62. The largest absolute Gasteiger partial charge is 0.425 e. The maximum Gasteiger partial charge on any atom is 0.328 e. The lowest BCUT2D eigenvalue weighted by molar-refractivity contribution is -0.150. The van der Waals surface area contributed by atoms with Gasteiger partial charge in [0.15, 0.2) is 11.2 Å². The zero-order valence-corrected chi connectivity index (χ0v) is 18.8. The van der Waals surface area contributed by atoms with Crippen LogP contribution in [0.15, 0.2) is 48.5 Å². The van der Waals surface area contributed by atoms with Crippen LogP contribution in [0.25, 0.3) is 0 Å². The predicted octanol–water partition coefficient (Wildman–Crippen LogP) is 5.07. The van der Waals surface area contributed by atoms with Gasteiger partial charge in [-0.1, -0.05) is 56.0 Å². The van der Waals surface area contributed by atoms with Crippen LogP contribution in [0.4, 0.5) is 0 Å². The van der Waals surface area contributed by atoms with Crippen molar-refractivity contribution in [3.8, 4) is 5.75 Å². The second-order valence-corrected chi connectivity index (χ2v) is 9.57. The third-order valence-corrected chi connectivity index (χ3v) is 7.92. The molecule has 5 nitrogen and oxygen atoms in total. The molecule has 5 rings (SSSR count). The van der Waals surface area contributed by atoms with Crippen LogP contribution in [0.2, 0.25) is 5.02 Å². The summed E-state index contributed by atoms with van der Waals surface area (Å²) in [5.74, 6) is -1.34. The lowest BCUT2D eigenvalue weighted by Gasteiger charge is -2.28. The molecule has 0 saturated heterocycles. The van der Waals surface area contributed by atoms with Crippen LogP contribution >= 0.6 is 11.6 Å². The molecule has 0 bridgehead atoms. The smallest absolute Gasteiger partial charge is 0.328 e. The van der Waals surface area contributed by atoms with Crippen LogP contribution in [0.3, 0.4) is 0 Å². The first-order valence-corrected chi connectivity index (χ1v) is 11.8. The van der Waals surface area contributed by atoms with Gasteiger partial charge in [0, 0.05) is 28.1 Å². The van der Waals surface area contributed by atoms with E-state index in [-0.39, 0.29) is 17.7 Å². The number of rotatable bonds is 5. The average Bonchev–Trinajstić information content (AvgIpc) is 3.47. The molecule has 0 radical (unpaired) electrons. The number of halogens is 1. The van der Waals surface area contributed by atoms with E-state index in [2.05, 4.69) is 5.32 Å². The van der Waals surface area contributed by atoms with Crippen LogP contribution < -0.4 is 10.1 Å². The number of carbonyl (C=O) groups is 3. The first kappa shape index (κ1) is 21.2. The molecule has 1 aliphatic heterocycles. The summed E-state index contributed by atoms with van der Waals surface area (Å²) in [4.78, 5) is 41.3. The number of nitrogens with one attached hydrogen (secondary N) is 1. The summed E-state index contributed by atoms with van der Waals surface area (Å²) in [6.45, 7) is 1.87. The van der Waals surface area contributed by atoms with Crippen molar-refractivity contribution < 1.29 is 19.1 Å². The quantitative estimate of drug-likeness (QED) is 0.298. The van der Waals surface area contributed by atoms with Gasteiger partial charge in [-0.3, -0.25) is 14.4 Å². The fourth-order valence-corrected chi connectivity index (χ4v) is 6.24. The lowest BCUT2D eigenvalue weighted by Crippen LogP contribution is -2.49. The summed E-state index contributed by atoms with van der Waals surface area (Å²) < 4.78 is 5.69. The molecule has 1 amide bonds. The molecule has 1 heterocycles. The van der Waals surface area contributed by atoms with Crippen LogP contribution in [-0.2, 0) is 9.59 Å². The summed E-state index contributed by atoms with van der Waals surface area (Å²) in [5.41, 5.74) is -1.55. The molecule has 2 aromatic carbocycles. The molecule has 0 aromatic heterocycles. The molecule has 2 fully saturated rings. The van der Waals surface area contributed by atoms with Gasteiger partial charge < -0.3 is 10.1 Å². The third-order valence-electron chi connectivity index (χ3n) is 7.67. The van der Waals surface area contributed by atoms with Crippen molar-refractivity contribution in [3.63, 3.8) is 0 Å². The Labute approximate surface area is 192 Å². The lowest BCUT2D eigenvalue weighted by atomic mass is 9.82. The molecule has 166 valence electrons. The zero-order valence-electron chi connectivity index (χ0n) is 18.0. The highest BCUT2D eigenvalue weighted by atomic mass is 35.5. The van der Waals surface area contributed by atoms with Crippen molar-refractivity contribution in [2.24, 2.45) is 10.8 Å². The molecule has 32 heavy (non-hydrogen) atoms. The van der Waals surface area contributed by atoms with Gasteiger partial charge in [-0.05, 0) is 49.6 Å². The van der Waals surface area contributed by atoms with E-state index in [1.54, 1.807) is 36.4 Å². The van der Waals surface area contributed by atoms with Crippen molar-refractivity contribution in [2.45, 2.75) is 57.4 Å². The number of hydrogen-bond acceptors (Lipinski definition) is 4. The highest BCUT2D eigenvalue weighted by molar-refractivity contribution is 6.30. The minimum atomic E-state index is -1.55. The van der Waals surface area contributed by atoms with Gasteiger partial charge in [0.1, 0.15) is 5.75 Å². The number of hydrogen-bond donors (Lipinski definition) is 1. The number of amides is 1. The summed E-state index contributed by atoms with van der Waals surface area (Å²) in [7, 11) is 0. The molecule has 0 unspecified atom stereocenters. The predicted molar refractivity (Wildman–Crippen MR) is 121 cm³/mol. The fourth-order valence-electron chi connectivity index (χ4n) is 6.11. The number of Topliss-reactive ketones (excluding diaryl/α,β-unsaturated/α-hetero) is 1. The van der Waals surface area contributed by atoms with E-state index in [9.17, 15) is 14.4 Å². The Morgan fingerprint density at radius 1 is 1.06 bits per heavy atom. The number of benzene rings is 2. The zero-order chi connectivity index (χ0) is 22.5. The van der Waals surface area contributed by atoms with E-state index >= 15 is 0 Å². The van der Waals surface area contributed by atoms with Crippen LogP contribution in [0, 0.1) is 10.8 Å². The van der Waals surface area contributed by atoms with Gasteiger partial charge in [0.2, 0.25) is 5.91 Å². The minimum Gasteiger partial charge on any atom is -0.425 e. The number of para-hydroxylation sites is 1. The van der Waals surface area contributed by atoms with Gasteiger partial charge in [0.05, 0.1) is 5.41 Å².